The average molecular weight is 293 g/mol. The molecule has 0 saturated heterocycles. The van der Waals surface area contributed by atoms with Gasteiger partial charge in [0.15, 0.2) is 5.78 Å². The minimum Gasteiger partial charge on any atom is -0.477 e. The van der Waals surface area contributed by atoms with Gasteiger partial charge in [-0.15, -0.1) is 11.3 Å². The van der Waals surface area contributed by atoms with E-state index in [-0.39, 0.29) is 10.7 Å². The van der Waals surface area contributed by atoms with Crippen molar-refractivity contribution in [3.05, 3.63) is 28.2 Å². The molecule has 0 saturated carbocycles. The Labute approximate surface area is 122 Å². The van der Waals surface area contributed by atoms with Gasteiger partial charge in [-0.25, -0.2) is 9.79 Å². The third-order valence-electron chi connectivity index (χ3n) is 3.01. The summed E-state index contributed by atoms with van der Waals surface area (Å²) in [5.41, 5.74) is 2.54. The van der Waals surface area contributed by atoms with Crippen molar-refractivity contribution in [2.45, 2.75) is 40.5 Å². The van der Waals surface area contributed by atoms with E-state index < -0.39 is 5.97 Å². The zero-order valence-corrected chi connectivity index (χ0v) is 13.1. The second-order valence-corrected chi connectivity index (χ2v) is 5.65. The number of ketones is 1. The lowest BCUT2D eigenvalue weighted by Gasteiger charge is -2.03. The maximum atomic E-state index is 11.7. The molecule has 0 aliphatic heterocycles. The van der Waals surface area contributed by atoms with Crippen LogP contribution in [-0.4, -0.2) is 22.6 Å². The quantitative estimate of drug-likeness (QED) is 0.624. The number of carbonyl (C=O) groups is 2. The van der Waals surface area contributed by atoms with Crippen molar-refractivity contribution in [2.75, 3.05) is 0 Å². The lowest BCUT2D eigenvalue weighted by atomic mass is 10.1. The maximum Gasteiger partial charge on any atom is 0.346 e. The fourth-order valence-electron chi connectivity index (χ4n) is 1.91. The van der Waals surface area contributed by atoms with Crippen LogP contribution in [0.15, 0.2) is 17.1 Å². The summed E-state index contributed by atoms with van der Waals surface area (Å²) in [5.74, 6) is -1.19. The number of aromatic carboxylic acids is 1. The third-order valence-corrected chi connectivity index (χ3v) is 4.18. The average Bonchev–Trinajstić information content (AvgIpc) is 2.66. The molecule has 5 heteroatoms. The van der Waals surface area contributed by atoms with Crippen LogP contribution in [0.4, 0.5) is 5.00 Å². The Hall–Kier alpha value is -1.75. The van der Waals surface area contributed by atoms with Crippen molar-refractivity contribution in [1.29, 1.82) is 0 Å². The van der Waals surface area contributed by atoms with E-state index in [1.54, 1.807) is 6.92 Å². The van der Waals surface area contributed by atoms with Crippen LogP contribution in [0.25, 0.3) is 0 Å². The first-order chi connectivity index (χ1) is 9.29. The van der Waals surface area contributed by atoms with Gasteiger partial charge < -0.3 is 5.11 Å². The van der Waals surface area contributed by atoms with Gasteiger partial charge in [0.1, 0.15) is 9.88 Å². The van der Waals surface area contributed by atoms with Crippen LogP contribution in [0.1, 0.15) is 59.2 Å². The molecular formula is C15H19NO3S. The lowest BCUT2D eigenvalue weighted by molar-refractivity contribution is 0.0701. The van der Waals surface area contributed by atoms with Crippen molar-refractivity contribution in [3.63, 3.8) is 0 Å². The first-order valence-electron chi connectivity index (χ1n) is 6.40. The standard InChI is InChI=1S/C15H19NO3S/c1-6-7-8(2)10(4)16-14-12(11(5)17)9(3)13(20-14)15(18)19/h2,6-7H2,1,3-5H3,(H,18,19)/b16-10+. The number of nitrogens with zero attached hydrogens (tertiary/aromatic N) is 1. The number of thiophene rings is 1. The Bertz CT molecular complexity index is 597. The van der Waals surface area contributed by atoms with E-state index >= 15 is 0 Å². The summed E-state index contributed by atoms with van der Waals surface area (Å²) < 4.78 is 0. The first-order valence-corrected chi connectivity index (χ1v) is 7.22. The highest BCUT2D eigenvalue weighted by Crippen LogP contribution is 2.36. The fraction of sp³-hybridized carbons (Fsp3) is 0.400. The number of carboxylic acid groups (broad SMARTS) is 1. The molecule has 0 spiro atoms. The van der Waals surface area contributed by atoms with Crippen LogP contribution in [0.2, 0.25) is 0 Å². The molecule has 1 N–H and O–H groups in total. The third kappa shape index (κ3) is 3.42. The highest BCUT2D eigenvalue weighted by atomic mass is 32.1. The van der Waals surface area contributed by atoms with Crippen LogP contribution in [0.5, 0.6) is 0 Å². The van der Waals surface area contributed by atoms with E-state index in [9.17, 15) is 9.59 Å². The van der Waals surface area contributed by atoms with E-state index in [0.717, 1.165) is 35.5 Å². The molecule has 1 aromatic rings. The van der Waals surface area contributed by atoms with Gasteiger partial charge in [-0.3, -0.25) is 4.79 Å². The van der Waals surface area contributed by atoms with Gasteiger partial charge in [0.2, 0.25) is 0 Å². The van der Waals surface area contributed by atoms with Crippen LogP contribution in [-0.2, 0) is 0 Å². The highest BCUT2D eigenvalue weighted by molar-refractivity contribution is 7.18. The van der Waals surface area contributed by atoms with Gasteiger partial charge in [0.25, 0.3) is 0 Å². The SMILES string of the molecule is C=C(CCC)/C(C)=N/c1sc(C(=O)O)c(C)c1C(C)=O. The predicted molar refractivity (Wildman–Crippen MR) is 82.8 cm³/mol. The van der Waals surface area contributed by atoms with Gasteiger partial charge >= 0.3 is 5.97 Å². The van der Waals surface area contributed by atoms with E-state index in [1.807, 2.05) is 6.92 Å². The summed E-state index contributed by atoms with van der Waals surface area (Å²) in [6.07, 6.45) is 1.80. The van der Waals surface area contributed by atoms with Crippen molar-refractivity contribution < 1.29 is 14.7 Å². The zero-order valence-electron chi connectivity index (χ0n) is 12.2. The minimum atomic E-state index is -1.03. The van der Waals surface area contributed by atoms with Crippen molar-refractivity contribution >= 4 is 33.8 Å². The summed E-state index contributed by atoms with van der Waals surface area (Å²) in [4.78, 5) is 27.5. The molecule has 0 atom stereocenters. The smallest absolute Gasteiger partial charge is 0.346 e. The highest BCUT2D eigenvalue weighted by Gasteiger charge is 2.22. The van der Waals surface area contributed by atoms with E-state index in [4.69, 9.17) is 5.11 Å². The molecule has 0 aromatic carbocycles. The summed E-state index contributed by atoms with van der Waals surface area (Å²) in [7, 11) is 0. The molecule has 1 heterocycles. The number of carbonyl (C=O) groups excluding carboxylic acids is 1. The number of aliphatic imine (C=N–C) groups is 1. The Balaban J connectivity index is 3.34. The number of allylic oxidation sites excluding steroid dienone is 1. The van der Waals surface area contributed by atoms with Gasteiger partial charge in [-0.1, -0.05) is 19.9 Å². The second kappa shape index (κ2) is 6.61. The van der Waals surface area contributed by atoms with Gasteiger partial charge in [-0.2, -0.15) is 0 Å². The second-order valence-electron chi connectivity index (χ2n) is 4.65. The van der Waals surface area contributed by atoms with Crippen molar-refractivity contribution in [1.82, 2.24) is 0 Å². The molecular weight excluding hydrogens is 274 g/mol. The number of carboxylic acids is 1. The molecule has 20 heavy (non-hydrogen) atoms. The molecule has 1 aromatic heterocycles. The summed E-state index contributed by atoms with van der Waals surface area (Å²) in [5, 5.41) is 9.61. The van der Waals surface area contributed by atoms with Crippen LogP contribution >= 0.6 is 11.3 Å². The molecule has 0 unspecified atom stereocenters. The normalized spacial score (nSPS) is 11.5. The molecule has 0 bridgehead atoms. The topological polar surface area (TPSA) is 66.7 Å². The number of hydrogen-bond donors (Lipinski definition) is 1. The Morgan fingerprint density at radius 2 is 1.95 bits per heavy atom. The van der Waals surface area contributed by atoms with Gasteiger partial charge in [-0.05, 0) is 38.3 Å². The van der Waals surface area contributed by atoms with E-state index in [1.165, 1.54) is 6.92 Å². The Morgan fingerprint density at radius 3 is 2.40 bits per heavy atom. The summed E-state index contributed by atoms with van der Waals surface area (Å²) in [6, 6.07) is 0. The molecule has 108 valence electrons. The van der Waals surface area contributed by atoms with Crippen molar-refractivity contribution in [2.24, 2.45) is 4.99 Å². The molecule has 0 aliphatic carbocycles. The summed E-state index contributed by atoms with van der Waals surface area (Å²) >= 11 is 1.04. The van der Waals surface area contributed by atoms with E-state index in [2.05, 4.69) is 18.5 Å². The maximum absolute atomic E-state index is 11.7. The number of rotatable bonds is 6. The summed E-state index contributed by atoms with van der Waals surface area (Å²) in [6.45, 7) is 10.9. The van der Waals surface area contributed by atoms with Gasteiger partial charge in [0, 0.05) is 5.71 Å². The molecule has 1 rings (SSSR count). The molecule has 4 nitrogen and oxygen atoms in total. The number of Topliss-reactive ketones (excluding diaryl/α,β-unsaturated/α-hetero) is 1. The van der Waals surface area contributed by atoms with E-state index in [0.29, 0.717) is 16.1 Å². The number of hydrogen-bond acceptors (Lipinski definition) is 4. The largest absolute Gasteiger partial charge is 0.477 e. The molecule has 0 fully saturated rings. The van der Waals surface area contributed by atoms with Crippen LogP contribution in [0.3, 0.4) is 0 Å². The Morgan fingerprint density at radius 1 is 1.35 bits per heavy atom. The molecule has 0 radical (unpaired) electrons. The fourth-order valence-corrected chi connectivity index (χ4v) is 3.03. The zero-order chi connectivity index (χ0) is 15.4. The van der Waals surface area contributed by atoms with Crippen LogP contribution in [0, 0.1) is 6.92 Å². The minimum absolute atomic E-state index is 0.168. The monoisotopic (exact) mass is 293 g/mol. The lowest BCUT2D eigenvalue weighted by Crippen LogP contribution is -1.99. The first kappa shape index (κ1) is 16.3. The van der Waals surface area contributed by atoms with Gasteiger partial charge in [0.05, 0.1) is 5.56 Å². The Kier molecular flexibility index (Phi) is 5.39. The van der Waals surface area contributed by atoms with Crippen LogP contribution < -0.4 is 0 Å². The predicted octanol–water partition coefficient (Wildman–Crippen LogP) is 4.41. The van der Waals surface area contributed by atoms with Crippen molar-refractivity contribution in [3.8, 4) is 0 Å². The molecule has 0 amide bonds. The molecule has 0 aliphatic rings.